The highest BCUT2D eigenvalue weighted by atomic mass is 32.2. The summed E-state index contributed by atoms with van der Waals surface area (Å²) in [7, 11) is 0. The van der Waals surface area contributed by atoms with Crippen molar-refractivity contribution in [1.29, 1.82) is 5.41 Å². The van der Waals surface area contributed by atoms with Crippen LogP contribution in [0.25, 0.3) is 11.8 Å². The summed E-state index contributed by atoms with van der Waals surface area (Å²) in [5.74, 6) is 0.140. The Morgan fingerprint density at radius 3 is 2.69 bits per heavy atom. The van der Waals surface area contributed by atoms with Gasteiger partial charge in [-0.15, -0.1) is 0 Å². The lowest BCUT2D eigenvalue weighted by Gasteiger charge is -2.20. The first-order valence-electron chi connectivity index (χ1n) is 10.1. The minimum absolute atomic E-state index is 0.00518. The van der Waals surface area contributed by atoms with E-state index in [1.165, 1.54) is 27.9 Å². The Hall–Kier alpha value is -3.65. The Balaban J connectivity index is 1.55. The number of rotatable bonds is 3. The zero-order chi connectivity index (χ0) is 22.6. The van der Waals surface area contributed by atoms with Gasteiger partial charge >= 0.3 is 0 Å². The summed E-state index contributed by atoms with van der Waals surface area (Å²) in [4.78, 5) is 17.0. The van der Waals surface area contributed by atoms with Gasteiger partial charge in [0.15, 0.2) is 16.6 Å². The number of thioether (sulfide) groups is 1. The minimum atomic E-state index is -0.443. The number of aliphatic imine (C=N–C) groups is 1. The maximum Gasteiger partial charge on any atom is 0.283 e. The molecule has 0 radical (unpaired) electrons. The lowest BCUT2D eigenvalue weighted by Crippen LogP contribution is -2.35. The highest BCUT2D eigenvalue weighted by molar-refractivity contribution is 8.27. The third kappa shape index (κ3) is 3.15. The fourth-order valence-electron chi connectivity index (χ4n) is 3.93. The summed E-state index contributed by atoms with van der Waals surface area (Å²) in [6, 6.07) is 11.8. The number of furan rings is 1. The van der Waals surface area contributed by atoms with Crippen LogP contribution in [-0.2, 0) is 4.79 Å². The number of amidine groups is 2. The largest absolute Gasteiger partial charge is 0.462 e. The lowest BCUT2D eigenvalue weighted by atomic mass is 10.1. The summed E-state index contributed by atoms with van der Waals surface area (Å²) >= 11 is 1.22. The van der Waals surface area contributed by atoms with E-state index in [2.05, 4.69) is 40.6 Å². The molecule has 0 fully saturated rings. The van der Waals surface area contributed by atoms with Crippen molar-refractivity contribution in [2.45, 2.75) is 27.7 Å². The van der Waals surface area contributed by atoms with Gasteiger partial charge in [-0.2, -0.15) is 15.1 Å². The number of carbonyl (C=O) groups is 1. The molecule has 1 aromatic carbocycles. The average Bonchev–Trinajstić information content (AvgIpc) is 3.48. The van der Waals surface area contributed by atoms with Crippen molar-refractivity contribution in [3.05, 3.63) is 82.1 Å². The van der Waals surface area contributed by atoms with Crippen molar-refractivity contribution in [2.75, 3.05) is 0 Å². The lowest BCUT2D eigenvalue weighted by molar-refractivity contribution is -0.114. The molecule has 2 aromatic heterocycles. The second-order valence-electron chi connectivity index (χ2n) is 7.78. The third-order valence-corrected chi connectivity index (χ3v) is 6.70. The molecule has 7 nitrogen and oxygen atoms in total. The Labute approximate surface area is 189 Å². The molecule has 0 saturated heterocycles. The van der Waals surface area contributed by atoms with E-state index in [4.69, 9.17) is 9.83 Å². The fourth-order valence-corrected chi connectivity index (χ4v) is 4.79. The number of hydrazone groups is 1. The van der Waals surface area contributed by atoms with E-state index in [0.29, 0.717) is 16.0 Å². The number of nitrogens with zero attached hydrogens (tertiary/aromatic N) is 4. The van der Waals surface area contributed by atoms with Crippen LogP contribution in [-0.4, -0.2) is 31.5 Å². The maximum absolute atomic E-state index is 12.8. The van der Waals surface area contributed by atoms with Gasteiger partial charge in [-0.25, -0.2) is 0 Å². The molecule has 160 valence electrons. The molecule has 32 heavy (non-hydrogen) atoms. The van der Waals surface area contributed by atoms with E-state index in [-0.39, 0.29) is 11.4 Å². The summed E-state index contributed by atoms with van der Waals surface area (Å²) < 4.78 is 7.57. The molecule has 0 atom stereocenters. The third-order valence-electron chi connectivity index (χ3n) is 5.77. The fraction of sp³-hybridized carbons (Fsp3) is 0.167. The molecule has 0 spiro atoms. The van der Waals surface area contributed by atoms with E-state index in [0.717, 1.165) is 22.6 Å². The van der Waals surface area contributed by atoms with Crippen LogP contribution in [0, 0.1) is 33.1 Å². The van der Waals surface area contributed by atoms with Crippen LogP contribution in [0.2, 0.25) is 0 Å². The molecule has 1 amide bonds. The molecule has 0 unspecified atom stereocenters. The van der Waals surface area contributed by atoms with Gasteiger partial charge in [-0.05, 0) is 86.5 Å². The smallest absolute Gasteiger partial charge is 0.283 e. The normalized spacial score (nSPS) is 17.1. The first kappa shape index (κ1) is 20.3. The Morgan fingerprint density at radius 1 is 1.12 bits per heavy atom. The predicted octanol–water partition coefficient (Wildman–Crippen LogP) is 4.97. The average molecular weight is 444 g/mol. The van der Waals surface area contributed by atoms with Gasteiger partial charge in [0.2, 0.25) is 5.17 Å². The van der Waals surface area contributed by atoms with Crippen LogP contribution < -0.4 is 0 Å². The molecule has 2 aliphatic rings. The quantitative estimate of drug-likeness (QED) is 0.579. The van der Waals surface area contributed by atoms with Gasteiger partial charge in [-0.3, -0.25) is 10.2 Å². The second-order valence-corrected chi connectivity index (χ2v) is 8.74. The van der Waals surface area contributed by atoms with E-state index >= 15 is 0 Å². The molecule has 8 heteroatoms. The van der Waals surface area contributed by atoms with Crippen molar-refractivity contribution in [3.63, 3.8) is 0 Å². The summed E-state index contributed by atoms with van der Waals surface area (Å²) in [6.07, 6.45) is 3.30. The number of hydrogen-bond acceptors (Lipinski definition) is 5. The van der Waals surface area contributed by atoms with Crippen molar-refractivity contribution in [2.24, 2.45) is 10.1 Å². The Bertz CT molecular complexity index is 1380. The number of carbonyl (C=O) groups excluding carboxylic acids is 1. The molecule has 0 bridgehead atoms. The SMILES string of the molecule is Cc1cccc(-n2c(C)cc(/C=C3\C(=N)N4N=C(c5ccco5)SC4=NC3=O)c2C)c1C. The molecule has 0 aliphatic carbocycles. The van der Waals surface area contributed by atoms with Crippen molar-refractivity contribution in [3.8, 4) is 5.69 Å². The van der Waals surface area contributed by atoms with E-state index in [1.807, 2.05) is 26.0 Å². The Kier molecular flexibility index (Phi) is 4.74. The molecule has 0 saturated carbocycles. The van der Waals surface area contributed by atoms with Crippen LogP contribution in [0.15, 0.2) is 62.7 Å². The highest BCUT2D eigenvalue weighted by Crippen LogP contribution is 2.32. The van der Waals surface area contributed by atoms with Crippen LogP contribution in [0.1, 0.15) is 33.8 Å². The van der Waals surface area contributed by atoms with Crippen LogP contribution in [0.3, 0.4) is 0 Å². The zero-order valence-electron chi connectivity index (χ0n) is 18.1. The highest BCUT2D eigenvalue weighted by Gasteiger charge is 2.36. The topological polar surface area (TPSA) is 86.9 Å². The van der Waals surface area contributed by atoms with Crippen LogP contribution in [0.5, 0.6) is 0 Å². The van der Waals surface area contributed by atoms with Gasteiger partial charge in [0, 0.05) is 17.1 Å². The van der Waals surface area contributed by atoms with Crippen molar-refractivity contribution < 1.29 is 9.21 Å². The number of benzene rings is 1. The number of aromatic nitrogens is 1. The van der Waals surface area contributed by atoms with Gasteiger partial charge in [-0.1, -0.05) is 12.1 Å². The predicted molar refractivity (Wildman–Crippen MR) is 128 cm³/mol. The van der Waals surface area contributed by atoms with Gasteiger partial charge in [0.05, 0.1) is 11.8 Å². The standard InChI is InChI=1S/C24H21N5O2S/c1-13-7-5-8-19(15(13)3)28-14(2)11-17(16(28)4)12-18-21(25)29-24(26-22(18)30)32-23(27-29)20-9-6-10-31-20/h5-12,25H,1-4H3/b18-12+,25-21?. The molecule has 2 aliphatic heterocycles. The summed E-state index contributed by atoms with van der Waals surface area (Å²) in [5.41, 5.74) is 6.67. The van der Waals surface area contributed by atoms with Crippen molar-refractivity contribution >= 4 is 39.8 Å². The Morgan fingerprint density at radius 2 is 1.94 bits per heavy atom. The second kappa shape index (κ2) is 7.49. The van der Waals surface area contributed by atoms with E-state index in [1.54, 1.807) is 24.5 Å². The molecule has 4 heterocycles. The first-order chi connectivity index (χ1) is 15.3. The minimum Gasteiger partial charge on any atom is -0.462 e. The number of hydrogen-bond donors (Lipinski definition) is 1. The van der Waals surface area contributed by atoms with Crippen LogP contribution >= 0.6 is 11.8 Å². The molecule has 3 aromatic rings. The van der Waals surface area contributed by atoms with Crippen LogP contribution in [0.4, 0.5) is 0 Å². The monoisotopic (exact) mass is 443 g/mol. The number of amides is 1. The number of nitrogens with one attached hydrogen (secondary N) is 1. The van der Waals surface area contributed by atoms with Gasteiger partial charge in [0.25, 0.3) is 5.91 Å². The van der Waals surface area contributed by atoms with Crippen molar-refractivity contribution in [1.82, 2.24) is 9.58 Å². The maximum atomic E-state index is 12.8. The van der Waals surface area contributed by atoms with E-state index < -0.39 is 5.91 Å². The molecular formula is C24H21N5O2S. The summed E-state index contributed by atoms with van der Waals surface area (Å²) in [5, 5.41) is 15.4. The zero-order valence-corrected chi connectivity index (χ0v) is 18.9. The van der Waals surface area contributed by atoms with Gasteiger partial charge in [0.1, 0.15) is 0 Å². The van der Waals surface area contributed by atoms with Gasteiger partial charge < -0.3 is 8.98 Å². The molecule has 5 rings (SSSR count). The number of aryl methyl sites for hydroxylation is 2. The first-order valence-corrected chi connectivity index (χ1v) is 11.0. The molecule has 1 N–H and O–H groups in total. The molecular weight excluding hydrogens is 422 g/mol. The van der Waals surface area contributed by atoms with E-state index in [9.17, 15) is 4.79 Å². The summed E-state index contributed by atoms with van der Waals surface area (Å²) in [6.45, 7) is 8.26. The number of fused-ring (bicyclic) bond motifs is 1.